The van der Waals surface area contributed by atoms with Crippen LogP contribution in [0.5, 0.6) is 0 Å². The average Bonchev–Trinajstić information content (AvgIpc) is 2.52. The van der Waals surface area contributed by atoms with E-state index in [2.05, 4.69) is 32.6 Å². The molecule has 1 heterocycles. The Morgan fingerprint density at radius 3 is 3.06 bits per heavy atom. The Kier molecular flexibility index (Phi) is 2.13. The molecular weight excluding hydrogens is 212 g/mol. The molecule has 0 spiro atoms. The maximum absolute atomic E-state index is 11.6. The SMILES string of the molecule is C=C1C(=O)O[C@@H]2C[C@@]3(C)CCC=C(C)C3=C[C@H]12. The van der Waals surface area contributed by atoms with Crippen LogP contribution in [0.15, 0.2) is 35.5 Å². The van der Waals surface area contributed by atoms with Crippen molar-refractivity contribution < 1.29 is 9.53 Å². The fourth-order valence-corrected chi connectivity index (χ4v) is 3.52. The molecule has 90 valence electrons. The first-order chi connectivity index (χ1) is 8.01. The van der Waals surface area contributed by atoms with Gasteiger partial charge >= 0.3 is 5.97 Å². The second-order valence-corrected chi connectivity index (χ2v) is 5.77. The topological polar surface area (TPSA) is 26.3 Å². The van der Waals surface area contributed by atoms with E-state index in [1.165, 1.54) is 11.1 Å². The third-order valence-electron chi connectivity index (χ3n) is 4.54. The Morgan fingerprint density at radius 1 is 1.53 bits per heavy atom. The second-order valence-electron chi connectivity index (χ2n) is 5.77. The van der Waals surface area contributed by atoms with Crippen LogP contribution in [0.25, 0.3) is 0 Å². The summed E-state index contributed by atoms with van der Waals surface area (Å²) in [7, 11) is 0. The van der Waals surface area contributed by atoms with E-state index in [0.29, 0.717) is 5.57 Å². The van der Waals surface area contributed by atoms with E-state index in [1.54, 1.807) is 0 Å². The quantitative estimate of drug-likeness (QED) is 0.472. The van der Waals surface area contributed by atoms with Crippen molar-refractivity contribution in [1.29, 1.82) is 0 Å². The van der Waals surface area contributed by atoms with E-state index in [-0.39, 0.29) is 23.4 Å². The Labute approximate surface area is 102 Å². The molecule has 1 fully saturated rings. The smallest absolute Gasteiger partial charge is 0.334 e. The fraction of sp³-hybridized carbons (Fsp3) is 0.533. The number of hydrogen-bond donors (Lipinski definition) is 0. The number of carbonyl (C=O) groups excluding carboxylic acids is 1. The van der Waals surface area contributed by atoms with Crippen LogP contribution < -0.4 is 0 Å². The van der Waals surface area contributed by atoms with Crippen molar-refractivity contribution in [2.24, 2.45) is 11.3 Å². The highest BCUT2D eigenvalue weighted by atomic mass is 16.6. The maximum atomic E-state index is 11.6. The minimum Gasteiger partial charge on any atom is -0.458 e. The first-order valence-electron chi connectivity index (χ1n) is 6.30. The van der Waals surface area contributed by atoms with Crippen molar-refractivity contribution >= 4 is 5.97 Å². The molecule has 0 N–H and O–H groups in total. The first kappa shape index (κ1) is 10.8. The van der Waals surface area contributed by atoms with Gasteiger partial charge in [0.25, 0.3) is 0 Å². The van der Waals surface area contributed by atoms with Gasteiger partial charge in [0.05, 0.1) is 0 Å². The number of hydrogen-bond acceptors (Lipinski definition) is 2. The van der Waals surface area contributed by atoms with E-state index in [4.69, 9.17) is 4.74 Å². The van der Waals surface area contributed by atoms with Gasteiger partial charge in [-0.15, -0.1) is 0 Å². The lowest BCUT2D eigenvalue weighted by atomic mass is 9.63. The summed E-state index contributed by atoms with van der Waals surface area (Å²) in [5.74, 6) is -0.104. The molecule has 2 aliphatic carbocycles. The van der Waals surface area contributed by atoms with E-state index in [1.807, 2.05) is 0 Å². The average molecular weight is 230 g/mol. The van der Waals surface area contributed by atoms with E-state index in [9.17, 15) is 4.79 Å². The highest BCUT2D eigenvalue weighted by Crippen LogP contribution is 2.51. The third-order valence-corrected chi connectivity index (χ3v) is 4.54. The molecule has 0 aromatic rings. The Hall–Kier alpha value is -1.31. The molecule has 17 heavy (non-hydrogen) atoms. The maximum Gasteiger partial charge on any atom is 0.334 e. The van der Waals surface area contributed by atoms with Crippen LogP contribution in [-0.4, -0.2) is 12.1 Å². The Bertz CT molecular complexity index is 469. The second kappa shape index (κ2) is 3.34. The van der Waals surface area contributed by atoms with Crippen LogP contribution in [-0.2, 0) is 9.53 Å². The minimum atomic E-state index is -0.208. The number of carbonyl (C=O) groups is 1. The molecule has 1 saturated heterocycles. The molecule has 2 heteroatoms. The van der Waals surface area contributed by atoms with E-state index in [0.717, 1.165) is 19.3 Å². The van der Waals surface area contributed by atoms with Gasteiger partial charge < -0.3 is 4.74 Å². The number of fused-ring (bicyclic) bond motifs is 2. The summed E-state index contributed by atoms with van der Waals surface area (Å²) < 4.78 is 5.42. The third kappa shape index (κ3) is 1.43. The Morgan fingerprint density at radius 2 is 2.29 bits per heavy atom. The van der Waals surface area contributed by atoms with Crippen molar-refractivity contribution in [3.8, 4) is 0 Å². The van der Waals surface area contributed by atoms with Gasteiger partial charge in [-0.25, -0.2) is 4.79 Å². The predicted molar refractivity (Wildman–Crippen MR) is 66.3 cm³/mol. The summed E-state index contributed by atoms with van der Waals surface area (Å²) >= 11 is 0. The van der Waals surface area contributed by atoms with Crippen molar-refractivity contribution in [3.63, 3.8) is 0 Å². The molecule has 3 atom stereocenters. The van der Waals surface area contributed by atoms with Gasteiger partial charge in [0.2, 0.25) is 0 Å². The number of ether oxygens (including phenoxy) is 1. The molecule has 0 bridgehead atoms. The number of allylic oxidation sites excluding steroid dienone is 3. The van der Waals surface area contributed by atoms with Crippen LogP contribution in [0, 0.1) is 11.3 Å². The predicted octanol–water partition coefficient (Wildman–Crippen LogP) is 3.16. The molecule has 0 unspecified atom stereocenters. The van der Waals surface area contributed by atoms with Crippen LogP contribution in [0.1, 0.15) is 33.1 Å². The molecule has 2 nitrogen and oxygen atoms in total. The van der Waals surface area contributed by atoms with E-state index >= 15 is 0 Å². The highest BCUT2D eigenvalue weighted by Gasteiger charge is 2.47. The first-order valence-corrected chi connectivity index (χ1v) is 6.30. The lowest BCUT2D eigenvalue weighted by Crippen LogP contribution is -2.35. The fourth-order valence-electron chi connectivity index (χ4n) is 3.52. The summed E-state index contributed by atoms with van der Waals surface area (Å²) in [6.07, 6.45) is 7.78. The van der Waals surface area contributed by atoms with Gasteiger partial charge in [0.1, 0.15) is 6.10 Å². The van der Waals surface area contributed by atoms with Crippen molar-refractivity contribution in [2.45, 2.75) is 39.2 Å². The summed E-state index contributed by atoms with van der Waals surface area (Å²) in [6, 6.07) is 0. The summed E-state index contributed by atoms with van der Waals surface area (Å²) in [5.41, 5.74) is 3.59. The normalized spacial score (nSPS) is 40.1. The molecule has 0 saturated carbocycles. The standard InChI is InChI=1S/C15H18O2/c1-9-5-4-6-15(3)8-13-11(7-12(9)15)10(2)14(16)17-13/h5,7,11,13H,2,4,6,8H2,1,3H3/t11-,13-,15-/m1/s1. The molecule has 0 aromatic heterocycles. The van der Waals surface area contributed by atoms with Gasteiger partial charge in [0.15, 0.2) is 0 Å². The molecule has 0 aromatic carbocycles. The molecular formula is C15H18O2. The number of esters is 1. The van der Waals surface area contributed by atoms with Crippen LogP contribution in [0.4, 0.5) is 0 Å². The van der Waals surface area contributed by atoms with Gasteiger partial charge in [-0.1, -0.05) is 31.2 Å². The van der Waals surface area contributed by atoms with Gasteiger partial charge in [-0.05, 0) is 37.2 Å². The van der Waals surface area contributed by atoms with Gasteiger partial charge in [-0.3, -0.25) is 0 Å². The summed E-state index contributed by atoms with van der Waals surface area (Å²) in [6.45, 7) is 8.33. The van der Waals surface area contributed by atoms with Gasteiger partial charge in [-0.2, -0.15) is 0 Å². The lowest BCUT2D eigenvalue weighted by Gasteiger charge is -2.42. The Balaban J connectivity index is 2.06. The zero-order valence-corrected chi connectivity index (χ0v) is 10.5. The molecule has 0 radical (unpaired) electrons. The van der Waals surface area contributed by atoms with Crippen LogP contribution in [0.2, 0.25) is 0 Å². The monoisotopic (exact) mass is 230 g/mol. The molecule has 0 amide bonds. The van der Waals surface area contributed by atoms with Crippen LogP contribution >= 0.6 is 0 Å². The minimum absolute atomic E-state index is 0.0228. The zero-order chi connectivity index (χ0) is 12.2. The molecule has 1 aliphatic heterocycles. The van der Waals surface area contributed by atoms with Gasteiger partial charge in [0, 0.05) is 11.5 Å². The van der Waals surface area contributed by atoms with Crippen molar-refractivity contribution in [2.75, 3.05) is 0 Å². The largest absolute Gasteiger partial charge is 0.458 e. The molecule has 3 aliphatic rings. The summed E-state index contributed by atoms with van der Waals surface area (Å²) in [4.78, 5) is 11.6. The summed E-state index contributed by atoms with van der Waals surface area (Å²) in [5, 5.41) is 0. The highest BCUT2D eigenvalue weighted by molar-refractivity contribution is 5.91. The number of rotatable bonds is 0. The van der Waals surface area contributed by atoms with Crippen LogP contribution in [0.3, 0.4) is 0 Å². The molecule has 3 rings (SSSR count). The lowest BCUT2D eigenvalue weighted by molar-refractivity contribution is -0.140. The van der Waals surface area contributed by atoms with Crippen molar-refractivity contribution in [3.05, 3.63) is 35.5 Å². The van der Waals surface area contributed by atoms with E-state index < -0.39 is 0 Å². The zero-order valence-electron chi connectivity index (χ0n) is 10.5. The van der Waals surface area contributed by atoms with Crippen molar-refractivity contribution in [1.82, 2.24) is 0 Å².